The predicted octanol–water partition coefficient (Wildman–Crippen LogP) is 3.42. The molecule has 2 aromatic carbocycles. The number of nitrogens with one attached hydrogen (secondary N) is 3. The normalized spacial score (nSPS) is 14.6. The van der Waals surface area contributed by atoms with Crippen LogP contribution in [0.5, 0.6) is 0 Å². The summed E-state index contributed by atoms with van der Waals surface area (Å²) in [7, 11) is 0. The molecule has 0 spiro atoms. The highest BCUT2D eigenvalue weighted by Crippen LogP contribution is 2.47. The summed E-state index contributed by atoms with van der Waals surface area (Å²) < 4.78 is 5.59. The number of urea groups is 1. The Kier molecular flexibility index (Phi) is 4.32. The van der Waals surface area contributed by atoms with Gasteiger partial charge in [-0.2, -0.15) is 0 Å². The fraction of sp³-hybridized carbons (Fsp3) is 0.238. The molecule has 0 unspecified atom stereocenters. The highest BCUT2D eigenvalue weighted by atomic mass is 16.3. The number of amides is 3. The summed E-state index contributed by atoms with van der Waals surface area (Å²) in [6, 6.07) is 17.1. The number of hydrogen-bond donors (Lipinski definition) is 3. The third-order valence-electron chi connectivity index (χ3n) is 5.17. The Morgan fingerprint density at radius 2 is 1.70 bits per heavy atom. The zero-order valence-corrected chi connectivity index (χ0v) is 15.0. The van der Waals surface area contributed by atoms with Crippen LogP contribution in [0.3, 0.4) is 0 Å². The first-order chi connectivity index (χ1) is 13.1. The topological polar surface area (TPSA) is 83.4 Å². The molecule has 0 saturated heterocycles. The first-order valence-corrected chi connectivity index (χ1v) is 8.97. The van der Waals surface area contributed by atoms with Crippen LogP contribution in [-0.4, -0.2) is 18.5 Å². The van der Waals surface area contributed by atoms with Crippen molar-refractivity contribution in [2.24, 2.45) is 0 Å². The lowest BCUT2D eigenvalue weighted by atomic mass is 9.96. The van der Waals surface area contributed by atoms with E-state index in [1.54, 1.807) is 6.07 Å². The van der Waals surface area contributed by atoms with E-state index in [2.05, 4.69) is 28.3 Å². The lowest BCUT2D eigenvalue weighted by molar-refractivity contribution is 0.0909. The third-order valence-corrected chi connectivity index (χ3v) is 5.17. The van der Waals surface area contributed by atoms with E-state index >= 15 is 0 Å². The van der Waals surface area contributed by atoms with E-state index < -0.39 is 11.9 Å². The molecule has 6 heteroatoms. The summed E-state index contributed by atoms with van der Waals surface area (Å²) in [5.74, 6) is -0.289. The lowest BCUT2D eigenvalue weighted by Crippen LogP contribution is -2.48. The number of carbonyl (C=O) groups excluding carboxylic acids is 2. The van der Waals surface area contributed by atoms with E-state index in [9.17, 15) is 9.59 Å². The minimum atomic E-state index is -0.483. The van der Waals surface area contributed by atoms with Crippen LogP contribution in [0.2, 0.25) is 0 Å². The molecule has 1 aromatic heterocycles. The molecule has 1 aliphatic rings. The van der Waals surface area contributed by atoms with Gasteiger partial charge in [-0.3, -0.25) is 10.2 Å². The third kappa shape index (κ3) is 3.38. The van der Waals surface area contributed by atoms with E-state index in [0.29, 0.717) is 12.1 Å². The molecular weight excluding hydrogens is 342 g/mol. The molecule has 0 aliphatic heterocycles. The monoisotopic (exact) mass is 363 g/mol. The zero-order chi connectivity index (χ0) is 18.9. The number of rotatable bonds is 4. The summed E-state index contributed by atoms with van der Waals surface area (Å²) in [5.41, 5.74) is 7.42. The molecule has 138 valence electrons. The molecule has 27 heavy (non-hydrogen) atoms. The minimum Gasteiger partial charge on any atom is -0.451 e. The number of hydrazine groups is 1. The number of hydrogen-bond acceptors (Lipinski definition) is 3. The molecule has 1 fully saturated rings. The van der Waals surface area contributed by atoms with Crippen molar-refractivity contribution in [2.75, 3.05) is 6.54 Å². The maximum Gasteiger partial charge on any atom is 0.333 e. The number of carbonyl (C=O) groups is 2. The SMILES string of the molecule is Cc1c(C(=O)NNC(=O)NCC2(c3ccccc3)CC2)oc2ccccc12. The lowest BCUT2D eigenvalue weighted by Gasteiger charge is -2.17. The fourth-order valence-corrected chi connectivity index (χ4v) is 3.36. The molecular formula is C21H21N3O3. The Labute approximate surface area is 156 Å². The largest absolute Gasteiger partial charge is 0.451 e. The van der Waals surface area contributed by atoms with Gasteiger partial charge in [0.2, 0.25) is 0 Å². The molecule has 1 heterocycles. The van der Waals surface area contributed by atoms with Gasteiger partial charge in [-0.05, 0) is 31.4 Å². The van der Waals surface area contributed by atoms with Crippen molar-refractivity contribution >= 4 is 22.9 Å². The second kappa shape index (κ2) is 6.79. The molecule has 1 saturated carbocycles. The zero-order valence-electron chi connectivity index (χ0n) is 15.0. The molecule has 3 aromatic rings. The van der Waals surface area contributed by atoms with Crippen LogP contribution in [0.25, 0.3) is 11.0 Å². The van der Waals surface area contributed by atoms with Gasteiger partial charge in [0.15, 0.2) is 5.76 Å². The summed E-state index contributed by atoms with van der Waals surface area (Å²) in [4.78, 5) is 24.4. The first kappa shape index (κ1) is 17.1. The standard InChI is InChI=1S/C21H21N3O3/c1-14-16-9-5-6-10-17(16)27-18(14)19(25)23-24-20(26)22-13-21(11-12-21)15-7-3-2-4-8-15/h2-10H,11-13H2,1H3,(H,23,25)(H2,22,24,26). The van der Waals surface area contributed by atoms with Crippen LogP contribution in [0.15, 0.2) is 59.0 Å². The Hall–Kier alpha value is -3.28. The van der Waals surface area contributed by atoms with Gasteiger partial charge in [0, 0.05) is 22.9 Å². The molecule has 3 amide bonds. The molecule has 3 N–H and O–H groups in total. The Bertz CT molecular complexity index is 990. The predicted molar refractivity (Wildman–Crippen MR) is 102 cm³/mol. The summed E-state index contributed by atoms with van der Waals surface area (Å²) in [6.45, 7) is 2.35. The second-order valence-electron chi connectivity index (χ2n) is 6.96. The molecule has 0 bridgehead atoms. The second-order valence-corrected chi connectivity index (χ2v) is 6.96. The molecule has 0 atom stereocenters. The number of furan rings is 1. The Balaban J connectivity index is 1.33. The number of para-hydroxylation sites is 1. The summed E-state index contributed by atoms with van der Waals surface area (Å²) in [6.07, 6.45) is 2.09. The molecule has 4 rings (SSSR count). The van der Waals surface area contributed by atoms with Gasteiger partial charge in [-0.15, -0.1) is 0 Å². The van der Waals surface area contributed by atoms with Gasteiger partial charge >= 0.3 is 11.9 Å². The van der Waals surface area contributed by atoms with Crippen molar-refractivity contribution in [3.05, 3.63) is 71.5 Å². The maximum atomic E-state index is 12.3. The summed E-state index contributed by atoms with van der Waals surface area (Å²) in [5, 5.41) is 3.72. The van der Waals surface area contributed by atoms with Crippen LogP contribution in [0.4, 0.5) is 4.79 Å². The van der Waals surface area contributed by atoms with Crippen LogP contribution in [0.1, 0.15) is 34.5 Å². The highest BCUT2D eigenvalue weighted by Gasteiger charge is 2.44. The molecule has 1 aliphatic carbocycles. The average Bonchev–Trinajstić information content (AvgIpc) is 3.43. The number of aryl methyl sites for hydroxylation is 1. The van der Waals surface area contributed by atoms with Crippen molar-refractivity contribution in [3.8, 4) is 0 Å². The van der Waals surface area contributed by atoms with Crippen LogP contribution < -0.4 is 16.2 Å². The van der Waals surface area contributed by atoms with Gasteiger partial charge in [-0.25, -0.2) is 10.2 Å². The van der Waals surface area contributed by atoms with Gasteiger partial charge < -0.3 is 9.73 Å². The minimum absolute atomic E-state index is 0.0118. The smallest absolute Gasteiger partial charge is 0.333 e. The Morgan fingerprint density at radius 3 is 2.41 bits per heavy atom. The van der Waals surface area contributed by atoms with Crippen molar-refractivity contribution in [3.63, 3.8) is 0 Å². The van der Waals surface area contributed by atoms with E-state index in [0.717, 1.165) is 23.8 Å². The van der Waals surface area contributed by atoms with Crippen molar-refractivity contribution in [1.29, 1.82) is 0 Å². The molecule has 6 nitrogen and oxygen atoms in total. The van der Waals surface area contributed by atoms with E-state index in [1.807, 2.05) is 43.3 Å². The van der Waals surface area contributed by atoms with Crippen molar-refractivity contribution in [2.45, 2.75) is 25.2 Å². The quantitative estimate of drug-likeness (QED) is 0.621. The molecule has 0 radical (unpaired) electrons. The van der Waals surface area contributed by atoms with Crippen LogP contribution in [0, 0.1) is 6.92 Å². The number of fused-ring (bicyclic) bond motifs is 1. The average molecular weight is 363 g/mol. The van der Waals surface area contributed by atoms with Crippen LogP contribution >= 0.6 is 0 Å². The van der Waals surface area contributed by atoms with Gasteiger partial charge in [0.1, 0.15) is 5.58 Å². The van der Waals surface area contributed by atoms with E-state index in [1.165, 1.54) is 5.56 Å². The summed E-state index contributed by atoms with van der Waals surface area (Å²) >= 11 is 0. The van der Waals surface area contributed by atoms with Gasteiger partial charge in [-0.1, -0.05) is 48.5 Å². The van der Waals surface area contributed by atoms with E-state index in [-0.39, 0.29) is 11.2 Å². The van der Waals surface area contributed by atoms with Crippen molar-refractivity contribution in [1.82, 2.24) is 16.2 Å². The van der Waals surface area contributed by atoms with Gasteiger partial charge in [0.05, 0.1) is 0 Å². The van der Waals surface area contributed by atoms with Crippen LogP contribution in [-0.2, 0) is 5.41 Å². The Morgan fingerprint density at radius 1 is 1.00 bits per heavy atom. The first-order valence-electron chi connectivity index (χ1n) is 8.97. The maximum absolute atomic E-state index is 12.3. The van der Waals surface area contributed by atoms with Crippen molar-refractivity contribution < 1.29 is 14.0 Å². The fourth-order valence-electron chi connectivity index (χ4n) is 3.36. The highest BCUT2D eigenvalue weighted by molar-refractivity contribution is 5.99. The van der Waals surface area contributed by atoms with Gasteiger partial charge in [0.25, 0.3) is 0 Å². The van der Waals surface area contributed by atoms with E-state index in [4.69, 9.17) is 4.42 Å². The number of benzene rings is 2.